The highest BCUT2D eigenvalue weighted by molar-refractivity contribution is 6.29. The summed E-state index contributed by atoms with van der Waals surface area (Å²) in [6.45, 7) is 5.02. The third-order valence-corrected chi connectivity index (χ3v) is 5.27. The first-order valence-electron chi connectivity index (χ1n) is 9.97. The monoisotopic (exact) mass is 420 g/mol. The average molecular weight is 421 g/mol. The lowest BCUT2D eigenvalue weighted by Gasteiger charge is -2.18. The Bertz CT molecular complexity index is 1010. The number of aromatic nitrogens is 1. The van der Waals surface area contributed by atoms with Crippen molar-refractivity contribution in [2.75, 3.05) is 11.9 Å². The minimum Gasteiger partial charge on any atom is -0.481 e. The molecule has 0 bridgehead atoms. The number of Topliss-reactive ketones (excluding diaryl/α,β-unsaturated/α-hetero) is 1. The number of allylic oxidation sites excluding steroid dienone is 4. The van der Waals surface area contributed by atoms with Crippen LogP contribution in [0.2, 0.25) is 5.15 Å². The Balaban J connectivity index is 1.86. The molecule has 1 aliphatic rings. The number of halogens is 1. The van der Waals surface area contributed by atoms with Crippen LogP contribution in [0.15, 0.2) is 59.8 Å². The van der Waals surface area contributed by atoms with Crippen LogP contribution in [0.4, 0.5) is 5.69 Å². The van der Waals surface area contributed by atoms with Crippen LogP contribution in [0.3, 0.4) is 0 Å². The SMILES string of the molecule is C#CCOc1ccc(NCc2ccc(Cl)nc2)c(C(=O)C2=CC=C(C(C)C)CC2)c1. The smallest absolute Gasteiger partial charge is 0.191 e. The molecule has 154 valence electrons. The molecule has 0 radical (unpaired) electrons. The number of anilines is 1. The van der Waals surface area contributed by atoms with Gasteiger partial charge >= 0.3 is 0 Å². The number of carbonyl (C=O) groups is 1. The topological polar surface area (TPSA) is 51.2 Å². The predicted octanol–water partition coefficient (Wildman–Crippen LogP) is 5.84. The third-order valence-electron chi connectivity index (χ3n) is 5.04. The van der Waals surface area contributed by atoms with Crippen molar-refractivity contribution in [1.82, 2.24) is 4.98 Å². The van der Waals surface area contributed by atoms with E-state index in [0.29, 0.717) is 28.9 Å². The minimum absolute atomic E-state index is 0.00283. The molecule has 0 spiro atoms. The van der Waals surface area contributed by atoms with Crippen molar-refractivity contribution in [1.29, 1.82) is 0 Å². The zero-order valence-corrected chi connectivity index (χ0v) is 18.0. The van der Waals surface area contributed by atoms with Gasteiger partial charge in [0.15, 0.2) is 5.78 Å². The van der Waals surface area contributed by atoms with Gasteiger partial charge in [0.1, 0.15) is 17.5 Å². The van der Waals surface area contributed by atoms with Crippen LogP contribution in [-0.2, 0) is 6.54 Å². The van der Waals surface area contributed by atoms with Gasteiger partial charge in [0.2, 0.25) is 0 Å². The number of nitrogens with zero attached hydrogens (tertiary/aromatic N) is 1. The van der Waals surface area contributed by atoms with Gasteiger partial charge in [-0.25, -0.2) is 4.98 Å². The second-order valence-corrected chi connectivity index (χ2v) is 7.85. The van der Waals surface area contributed by atoms with Crippen LogP contribution in [-0.4, -0.2) is 17.4 Å². The van der Waals surface area contributed by atoms with Crippen LogP contribution in [0.5, 0.6) is 5.75 Å². The van der Waals surface area contributed by atoms with E-state index in [2.05, 4.69) is 36.1 Å². The number of ketones is 1. The highest BCUT2D eigenvalue weighted by atomic mass is 35.5. The zero-order chi connectivity index (χ0) is 21.5. The molecule has 0 saturated heterocycles. The Morgan fingerprint density at radius 2 is 2.10 bits per heavy atom. The van der Waals surface area contributed by atoms with Gasteiger partial charge in [-0.15, -0.1) is 6.42 Å². The van der Waals surface area contributed by atoms with Gasteiger partial charge < -0.3 is 10.1 Å². The molecule has 1 aromatic carbocycles. The van der Waals surface area contributed by atoms with E-state index < -0.39 is 0 Å². The van der Waals surface area contributed by atoms with Crippen LogP contribution >= 0.6 is 11.6 Å². The number of ether oxygens (including phenoxy) is 1. The summed E-state index contributed by atoms with van der Waals surface area (Å²) in [4.78, 5) is 17.4. The van der Waals surface area contributed by atoms with E-state index in [0.717, 1.165) is 29.7 Å². The summed E-state index contributed by atoms with van der Waals surface area (Å²) in [5.41, 5.74) is 4.43. The van der Waals surface area contributed by atoms with Gasteiger partial charge in [-0.2, -0.15) is 0 Å². The number of hydrogen-bond acceptors (Lipinski definition) is 4. The maximum Gasteiger partial charge on any atom is 0.191 e. The van der Waals surface area contributed by atoms with Crippen LogP contribution in [0.1, 0.15) is 42.6 Å². The van der Waals surface area contributed by atoms with Gasteiger partial charge in [-0.1, -0.05) is 55.2 Å². The molecule has 1 heterocycles. The largest absolute Gasteiger partial charge is 0.481 e. The highest BCUT2D eigenvalue weighted by Crippen LogP contribution is 2.30. The fourth-order valence-corrected chi connectivity index (χ4v) is 3.40. The molecule has 5 heteroatoms. The van der Waals surface area contributed by atoms with E-state index in [9.17, 15) is 4.79 Å². The molecular weight excluding hydrogens is 396 g/mol. The summed E-state index contributed by atoms with van der Waals surface area (Å²) in [7, 11) is 0. The first-order chi connectivity index (χ1) is 14.5. The van der Waals surface area contributed by atoms with Gasteiger partial charge in [-0.05, 0) is 48.6 Å². The summed E-state index contributed by atoms with van der Waals surface area (Å²) in [6, 6.07) is 9.05. The van der Waals surface area contributed by atoms with Crippen molar-refractivity contribution in [3.8, 4) is 18.1 Å². The summed E-state index contributed by atoms with van der Waals surface area (Å²) in [5, 5.41) is 3.78. The maximum atomic E-state index is 13.3. The number of nitrogens with one attached hydrogen (secondary N) is 1. The molecule has 0 aliphatic heterocycles. The minimum atomic E-state index is -0.00283. The van der Waals surface area contributed by atoms with Gasteiger partial charge in [0, 0.05) is 29.6 Å². The van der Waals surface area contributed by atoms with Crippen molar-refractivity contribution in [2.45, 2.75) is 33.2 Å². The molecule has 3 rings (SSSR count). The molecule has 0 amide bonds. The van der Waals surface area contributed by atoms with E-state index in [-0.39, 0.29) is 12.4 Å². The molecule has 1 aliphatic carbocycles. The lowest BCUT2D eigenvalue weighted by molar-refractivity contribution is 0.103. The predicted molar refractivity (Wildman–Crippen MR) is 122 cm³/mol. The fraction of sp³-hybridized carbons (Fsp3) is 0.280. The first kappa shape index (κ1) is 21.7. The number of benzene rings is 1. The average Bonchev–Trinajstić information content (AvgIpc) is 2.77. The molecule has 0 saturated carbocycles. The normalized spacial score (nSPS) is 13.3. The quantitative estimate of drug-likeness (QED) is 0.331. The summed E-state index contributed by atoms with van der Waals surface area (Å²) >= 11 is 5.86. The van der Waals surface area contributed by atoms with Crippen molar-refractivity contribution in [2.24, 2.45) is 5.92 Å². The van der Waals surface area contributed by atoms with E-state index in [4.69, 9.17) is 22.8 Å². The molecule has 0 atom stereocenters. The molecule has 1 N–H and O–H groups in total. The second kappa shape index (κ2) is 10.1. The van der Waals surface area contributed by atoms with Crippen LogP contribution in [0, 0.1) is 18.3 Å². The molecule has 30 heavy (non-hydrogen) atoms. The van der Waals surface area contributed by atoms with E-state index in [1.54, 1.807) is 18.3 Å². The molecule has 2 aromatic rings. The Labute approximate surface area is 183 Å². The number of carbonyl (C=O) groups excluding carboxylic acids is 1. The van der Waals surface area contributed by atoms with E-state index in [1.165, 1.54) is 5.57 Å². The van der Waals surface area contributed by atoms with Crippen LogP contribution < -0.4 is 10.1 Å². The van der Waals surface area contributed by atoms with Crippen molar-refractivity contribution in [3.63, 3.8) is 0 Å². The molecule has 1 aromatic heterocycles. The molecule has 0 fully saturated rings. The number of rotatable bonds is 8. The Hall–Kier alpha value is -3.03. The van der Waals surface area contributed by atoms with E-state index >= 15 is 0 Å². The van der Waals surface area contributed by atoms with Crippen molar-refractivity contribution >= 4 is 23.1 Å². The van der Waals surface area contributed by atoms with Crippen LogP contribution in [0.25, 0.3) is 0 Å². The van der Waals surface area contributed by atoms with Gasteiger partial charge in [-0.3, -0.25) is 4.79 Å². The van der Waals surface area contributed by atoms with Crippen molar-refractivity contribution < 1.29 is 9.53 Å². The van der Waals surface area contributed by atoms with E-state index in [1.807, 2.05) is 24.3 Å². The molecule has 4 nitrogen and oxygen atoms in total. The maximum absolute atomic E-state index is 13.3. The highest BCUT2D eigenvalue weighted by Gasteiger charge is 2.20. The summed E-state index contributed by atoms with van der Waals surface area (Å²) in [5.74, 6) is 3.51. The fourth-order valence-electron chi connectivity index (χ4n) is 3.29. The zero-order valence-electron chi connectivity index (χ0n) is 17.2. The third kappa shape index (κ3) is 5.52. The summed E-state index contributed by atoms with van der Waals surface area (Å²) in [6.07, 6.45) is 12.7. The molecule has 0 unspecified atom stereocenters. The number of pyridine rings is 1. The number of terminal acetylenes is 1. The Morgan fingerprint density at radius 3 is 2.73 bits per heavy atom. The van der Waals surface area contributed by atoms with Crippen molar-refractivity contribution in [3.05, 3.63) is 76.1 Å². The first-order valence-corrected chi connectivity index (χ1v) is 10.3. The van der Waals surface area contributed by atoms with Gasteiger partial charge in [0.05, 0.1) is 0 Å². The second-order valence-electron chi connectivity index (χ2n) is 7.46. The summed E-state index contributed by atoms with van der Waals surface area (Å²) < 4.78 is 5.54. The number of hydrogen-bond donors (Lipinski definition) is 1. The Kier molecular flexibility index (Phi) is 7.32. The van der Waals surface area contributed by atoms with Gasteiger partial charge in [0.25, 0.3) is 0 Å². The lowest BCUT2D eigenvalue weighted by atomic mass is 9.88. The Morgan fingerprint density at radius 1 is 1.27 bits per heavy atom. The standard InChI is InChI=1S/C25H25ClN2O2/c1-4-13-30-21-10-11-23(27-15-18-5-12-24(26)28-16-18)22(14-21)25(29)20-8-6-19(7-9-20)17(2)3/h1,5-6,8,10-12,14,16-17,27H,7,9,13,15H2,2-3H3. The molecular formula is C25H25ClN2O2. The lowest BCUT2D eigenvalue weighted by Crippen LogP contribution is -2.12.